The van der Waals surface area contributed by atoms with Gasteiger partial charge >= 0.3 is 0 Å². The van der Waals surface area contributed by atoms with E-state index in [1.54, 1.807) is 7.11 Å². The molecular formula is C17H26BrNO2. The van der Waals surface area contributed by atoms with Gasteiger partial charge in [0.05, 0.1) is 13.2 Å². The smallest absolute Gasteiger partial charge is 0.120 e. The number of rotatable bonds is 7. The van der Waals surface area contributed by atoms with Crippen LogP contribution in [0, 0.1) is 5.92 Å². The standard InChI is InChI=1S/C17H26BrNO2/c1-4-9-19-17(14-8-10-21-16(14)5-2)13-7-6-12(20-3)11-15(13)18/h6-7,11,14,16-17,19H,4-5,8-10H2,1-3H3. The molecule has 0 amide bonds. The Morgan fingerprint density at radius 3 is 2.86 bits per heavy atom. The lowest BCUT2D eigenvalue weighted by Gasteiger charge is -2.29. The van der Waals surface area contributed by atoms with E-state index < -0.39 is 0 Å². The topological polar surface area (TPSA) is 30.5 Å². The van der Waals surface area contributed by atoms with Crippen LogP contribution in [0.1, 0.15) is 44.7 Å². The molecule has 0 spiro atoms. The van der Waals surface area contributed by atoms with Crippen LogP contribution >= 0.6 is 15.9 Å². The molecule has 4 heteroatoms. The fourth-order valence-corrected chi connectivity index (χ4v) is 3.75. The first-order valence-corrected chi connectivity index (χ1v) is 8.69. The molecule has 21 heavy (non-hydrogen) atoms. The van der Waals surface area contributed by atoms with E-state index in [9.17, 15) is 0 Å². The van der Waals surface area contributed by atoms with Gasteiger partial charge in [-0.2, -0.15) is 0 Å². The van der Waals surface area contributed by atoms with Crippen LogP contribution in [0.2, 0.25) is 0 Å². The van der Waals surface area contributed by atoms with E-state index in [2.05, 4.69) is 41.2 Å². The molecule has 0 saturated carbocycles. The normalized spacial score (nSPS) is 23.2. The lowest BCUT2D eigenvalue weighted by molar-refractivity contribution is 0.0773. The van der Waals surface area contributed by atoms with Crippen molar-refractivity contribution in [1.82, 2.24) is 5.32 Å². The summed E-state index contributed by atoms with van der Waals surface area (Å²) in [6.07, 6.45) is 3.68. The maximum absolute atomic E-state index is 5.90. The van der Waals surface area contributed by atoms with Gasteiger partial charge in [0.15, 0.2) is 0 Å². The van der Waals surface area contributed by atoms with E-state index in [0.717, 1.165) is 42.6 Å². The summed E-state index contributed by atoms with van der Waals surface area (Å²) in [6, 6.07) is 6.59. The van der Waals surface area contributed by atoms with E-state index in [-0.39, 0.29) is 0 Å². The van der Waals surface area contributed by atoms with Crippen LogP contribution in [0.15, 0.2) is 22.7 Å². The van der Waals surface area contributed by atoms with Gasteiger partial charge in [-0.1, -0.05) is 35.8 Å². The van der Waals surface area contributed by atoms with Crippen LogP contribution in [0.25, 0.3) is 0 Å². The Morgan fingerprint density at radius 2 is 2.24 bits per heavy atom. The summed E-state index contributed by atoms with van der Waals surface area (Å²) in [5.74, 6) is 1.42. The molecule has 0 bridgehead atoms. The highest BCUT2D eigenvalue weighted by atomic mass is 79.9. The van der Waals surface area contributed by atoms with Gasteiger partial charge in [-0.3, -0.25) is 0 Å². The van der Waals surface area contributed by atoms with Gasteiger partial charge in [0.1, 0.15) is 5.75 Å². The average molecular weight is 356 g/mol. The fourth-order valence-electron chi connectivity index (χ4n) is 3.15. The molecule has 0 aromatic heterocycles. The van der Waals surface area contributed by atoms with Crippen LogP contribution in [0.4, 0.5) is 0 Å². The zero-order chi connectivity index (χ0) is 15.2. The molecule has 1 fully saturated rings. The summed E-state index contributed by atoms with van der Waals surface area (Å²) in [4.78, 5) is 0. The molecule has 1 aliphatic rings. The molecular weight excluding hydrogens is 330 g/mol. The quantitative estimate of drug-likeness (QED) is 0.790. The summed E-state index contributed by atoms with van der Waals surface area (Å²) in [5, 5.41) is 3.72. The van der Waals surface area contributed by atoms with Gasteiger partial charge in [-0.15, -0.1) is 0 Å². The maximum atomic E-state index is 5.90. The van der Waals surface area contributed by atoms with Crippen LogP contribution < -0.4 is 10.1 Å². The fraction of sp³-hybridized carbons (Fsp3) is 0.647. The SMILES string of the molecule is CCCNC(c1ccc(OC)cc1Br)C1CCOC1CC. The highest BCUT2D eigenvalue weighted by Gasteiger charge is 2.35. The van der Waals surface area contributed by atoms with Crippen LogP contribution in [-0.4, -0.2) is 26.4 Å². The van der Waals surface area contributed by atoms with Gasteiger partial charge in [0.25, 0.3) is 0 Å². The van der Waals surface area contributed by atoms with E-state index in [1.165, 1.54) is 5.56 Å². The Hall–Kier alpha value is -0.580. The number of hydrogen-bond acceptors (Lipinski definition) is 3. The monoisotopic (exact) mass is 355 g/mol. The minimum absolute atomic E-state index is 0.331. The minimum atomic E-state index is 0.331. The summed E-state index contributed by atoms with van der Waals surface area (Å²) in [7, 11) is 1.70. The first kappa shape index (κ1) is 16.8. The molecule has 1 aliphatic heterocycles. The summed E-state index contributed by atoms with van der Waals surface area (Å²) < 4.78 is 12.3. The second-order valence-electron chi connectivity index (χ2n) is 5.59. The molecule has 1 aromatic carbocycles. The van der Waals surface area contributed by atoms with Crippen molar-refractivity contribution in [2.24, 2.45) is 5.92 Å². The number of halogens is 1. The van der Waals surface area contributed by atoms with Gasteiger partial charge in [0, 0.05) is 23.0 Å². The number of ether oxygens (including phenoxy) is 2. The number of methoxy groups -OCH3 is 1. The zero-order valence-corrected chi connectivity index (χ0v) is 14.8. The van der Waals surface area contributed by atoms with Crippen molar-refractivity contribution < 1.29 is 9.47 Å². The molecule has 3 atom stereocenters. The summed E-state index contributed by atoms with van der Waals surface area (Å²) >= 11 is 3.71. The Morgan fingerprint density at radius 1 is 1.43 bits per heavy atom. The van der Waals surface area contributed by atoms with E-state index in [4.69, 9.17) is 9.47 Å². The summed E-state index contributed by atoms with van der Waals surface area (Å²) in [6.45, 7) is 6.32. The predicted molar refractivity (Wildman–Crippen MR) is 89.9 cm³/mol. The maximum Gasteiger partial charge on any atom is 0.120 e. The molecule has 0 aliphatic carbocycles. The van der Waals surface area contributed by atoms with Crippen molar-refractivity contribution >= 4 is 15.9 Å². The highest BCUT2D eigenvalue weighted by molar-refractivity contribution is 9.10. The molecule has 1 saturated heterocycles. The Labute approximate surface area is 136 Å². The molecule has 0 radical (unpaired) electrons. The van der Waals surface area contributed by atoms with Crippen molar-refractivity contribution in [1.29, 1.82) is 0 Å². The van der Waals surface area contributed by atoms with Gasteiger partial charge < -0.3 is 14.8 Å². The molecule has 1 heterocycles. The zero-order valence-electron chi connectivity index (χ0n) is 13.2. The third kappa shape index (κ3) is 3.99. The van der Waals surface area contributed by atoms with Crippen molar-refractivity contribution in [3.05, 3.63) is 28.2 Å². The molecule has 3 unspecified atom stereocenters. The lowest BCUT2D eigenvalue weighted by Crippen LogP contribution is -2.33. The largest absolute Gasteiger partial charge is 0.497 e. The van der Waals surface area contributed by atoms with Crippen molar-refractivity contribution in [2.45, 2.75) is 45.3 Å². The first-order valence-electron chi connectivity index (χ1n) is 7.89. The van der Waals surface area contributed by atoms with E-state index in [1.807, 2.05) is 12.1 Å². The first-order chi connectivity index (χ1) is 10.2. The number of nitrogens with one attached hydrogen (secondary N) is 1. The van der Waals surface area contributed by atoms with Gasteiger partial charge in [-0.25, -0.2) is 0 Å². The predicted octanol–water partition coefficient (Wildman–Crippen LogP) is 4.31. The Kier molecular flexibility index (Phi) is 6.52. The van der Waals surface area contributed by atoms with E-state index in [0.29, 0.717) is 18.1 Å². The summed E-state index contributed by atoms with van der Waals surface area (Å²) in [5.41, 5.74) is 1.30. The second kappa shape index (κ2) is 8.16. The Balaban J connectivity index is 2.26. The van der Waals surface area contributed by atoms with Gasteiger partial charge in [0.2, 0.25) is 0 Å². The van der Waals surface area contributed by atoms with Crippen molar-refractivity contribution in [3.63, 3.8) is 0 Å². The Bertz CT molecular complexity index is 452. The van der Waals surface area contributed by atoms with Crippen LogP contribution in [0.3, 0.4) is 0 Å². The molecule has 2 rings (SSSR count). The highest BCUT2D eigenvalue weighted by Crippen LogP contribution is 2.38. The van der Waals surface area contributed by atoms with Crippen molar-refractivity contribution in [3.8, 4) is 5.75 Å². The molecule has 3 nitrogen and oxygen atoms in total. The molecule has 1 aromatic rings. The average Bonchev–Trinajstić information content (AvgIpc) is 2.97. The van der Waals surface area contributed by atoms with Crippen LogP contribution in [-0.2, 0) is 4.74 Å². The molecule has 118 valence electrons. The van der Waals surface area contributed by atoms with E-state index >= 15 is 0 Å². The third-order valence-corrected chi connectivity index (χ3v) is 4.93. The van der Waals surface area contributed by atoms with Crippen molar-refractivity contribution in [2.75, 3.05) is 20.3 Å². The number of hydrogen-bond donors (Lipinski definition) is 1. The second-order valence-corrected chi connectivity index (χ2v) is 6.44. The number of benzene rings is 1. The third-order valence-electron chi connectivity index (χ3n) is 4.25. The molecule has 1 N–H and O–H groups in total. The van der Waals surface area contributed by atoms with Gasteiger partial charge in [-0.05, 0) is 43.5 Å². The van der Waals surface area contributed by atoms with Crippen LogP contribution in [0.5, 0.6) is 5.75 Å². The minimum Gasteiger partial charge on any atom is -0.497 e. The lowest BCUT2D eigenvalue weighted by atomic mass is 9.86.